The van der Waals surface area contributed by atoms with Crippen LogP contribution in [0, 0.1) is 5.92 Å². The minimum atomic E-state index is -1.03. The quantitative estimate of drug-likeness (QED) is 0.221. The molecule has 182 valence electrons. The summed E-state index contributed by atoms with van der Waals surface area (Å²) < 4.78 is 22.6. The lowest BCUT2D eigenvalue weighted by Gasteiger charge is -2.19. The molecule has 0 aliphatic carbocycles. The van der Waals surface area contributed by atoms with Gasteiger partial charge in [-0.3, -0.25) is 9.36 Å². The van der Waals surface area contributed by atoms with E-state index in [1.165, 1.54) is 12.3 Å². The Kier molecular flexibility index (Phi) is 8.26. The zero-order valence-electron chi connectivity index (χ0n) is 18.9. The van der Waals surface area contributed by atoms with Crippen molar-refractivity contribution in [1.82, 2.24) is 9.55 Å². The minimum Gasteiger partial charge on any atom is -0.463 e. The van der Waals surface area contributed by atoms with E-state index in [9.17, 15) is 19.2 Å². The molecule has 0 aromatic carbocycles. The van der Waals surface area contributed by atoms with Gasteiger partial charge in [0.25, 0.3) is 0 Å². The van der Waals surface area contributed by atoms with Crippen molar-refractivity contribution in [3.8, 4) is 0 Å². The van der Waals surface area contributed by atoms with Crippen LogP contribution in [0.15, 0.2) is 17.1 Å². The number of unbranched alkanes of at least 4 members (excludes halogenated alkanes) is 2. The molecule has 5 atom stereocenters. The van der Waals surface area contributed by atoms with Crippen molar-refractivity contribution in [2.24, 2.45) is 5.92 Å². The lowest BCUT2D eigenvalue weighted by molar-refractivity contribution is -0.155. The van der Waals surface area contributed by atoms with Crippen LogP contribution in [0.25, 0.3) is 0 Å². The molecule has 12 heteroatoms. The molecule has 1 aromatic heterocycles. The third-order valence-electron chi connectivity index (χ3n) is 5.51. The number of hydrogen-bond acceptors (Lipinski definition) is 11. The molecule has 12 nitrogen and oxygen atoms in total. The first-order chi connectivity index (χ1) is 15.8. The number of anilines is 1. The van der Waals surface area contributed by atoms with E-state index in [2.05, 4.69) is 10.5 Å². The Labute approximate surface area is 190 Å². The van der Waals surface area contributed by atoms with Crippen molar-refractivity contribution in [2.75, 3.05) is 12.1 Å². The molecule has 0 saturated carbocycles. The van der Waals surface area contributed by atoms with Gasteiger partial charge in [0.05, 0.1) is 5.92 Å². The zero-order chi connectivity index (χ0) is 24.0. The molecular formula is C21H29N3O9. The third-order valence-corrected chi connectivity index (χ3v) is 5.51. The van der Waals surface area contributed by atoms with E-state index in [1.807, 2.05) is 13.8 Å². The fourth-order valence-corrected chi connectivity index (χ4v) is 3.40. The number of hydrogen-bond donors (Lipinski definition) is 1. The number of esters is 1. The smallest absolute Gasteiger partial charge is 0.463 e. The van der Waals surface area contributed by atoms with Crippen LogP contribution in [0.2, 0.25) is 0 Å². The van der Waals surface area contributed by atoms with Crippen LogP contribution in [0.3, 0.4) is 0 Å². The van der Waals surface area contributed by atoms with E-state index in [4.69, 9.17) is 23.8 Å². The fourth-order valence-electron chi connectivity index (χ4n) is 3.40. The predicted molar refractivity (Wildman–Crippen MR) is 112 cm³/mol. The summed E-state index contributed by atoms with van der Waals surface area (Å²) in [5.74, 6) is -1.10. The van der Waals surface area contributed by atoms with Gasteiger partial charge in [-0.05, 0) is 12.8 Å². The molecule has 1 N–H and O–H groups in total. The number of carbonyl (C=O) groups is 3. The van der Waals surface area contributed by atoms with Crippen molar-refractivity contribution >= 4 is 23.9 Å². The third kappa shape index (κ3) is 6.01. The van der Waals surface area contributed by atoms with E-state index in [-0.39, 0.29) is 24.8 Å². The highest BCUT2D eigenvalue weighted by Gasteiger charge is 2.55. The van der Waals surface area contributed by atoms with Crippen LogP contribution in [-0.2, 0) is 33.4 Å². The Hall–Kier alpha value is -3.15. The maximum absolute atomic E-state index is 12.6. The second kappa shape index (κ2) is 11.1. The van der Waals surface area contributed by atoms with Gasteiger partial charge < -0.3 is 23.8 Å². The average molecular weight is 467 g/mol. The predicted octanol–water partition coefficient (Wildman–Crippen LogP) is 2.08. The van der Waals surface area contributed by atoms with Gasteiger partial charge in [-0.25, -0.2) is 19.9 Å². The van der Waals surface area contributed by atoms with E-state index >= 15 is 0 Å². The molecule has 33 heavy (non-hydrogen) atoms. The van der Waals surface area contributed by atoms with Gasteiger partial charge in [0.15, 0.2) is 24.3 Å². The summed E-state index contributed by atoms with van der Waals surface area (Å²) in [6.45, 7) is 5.47. The molecule has 0 amide bonds. The number of carbonyl (C=O) groups excluding carboxylic acids is 3. The van der Waals surface area contributed by atoms with Crippen LogP contribution in [0.4, 0.5) is 10.6 Å². The summed E-state index contributed by atoms with van der Waals surface area (Å²) in [6.07, 6.45) is 0.343. The number of ether oxygens (including phenoxy) is 4. The normalized spacial score (nSPS) is 24.4. The summed E-state index contributed by atoms with van der Waals surface area (Å²) in [7, 11) is 0. The number of aromatic nitrogens is 2. The van der Waals surface area contributed by atoms with E-state index in [0.29, 0.717) is 12.8 Å². The Morgan fingerprint density at radius 2 is 1.97 bits per heavy atom. The number of nitrogens with one attached hydrogen (secondary N) is 1. The first-order valence-corrected chi connectivity index (χ1v) is 11.1. The van der Waals surface area contributed by atoms with Crippen LogP contribution in [0.1, 0.15) is 59.1 Å². The second-order valence-electron chi connectivity index (χ2n) is 7.96. The molecule has 3 rings (SSSR count). The lowest BCUT2D eigenvalue weighted by atomic mass is 10.1. The standard InChI is InChI=1S/C21H29N3O9/c1-4-6-7-8-15(25)33-23-14-9-10-24(20(27)22-14)18-17-16(31-21(28)32-17)13(30-18)11-29-19(26)12(3)5-2/h9-10,12-13,16-18H,4-8,11H2,1-3H3,(H,22,23,27)/t12-,13-,16-,17-,18-/m1/s1. The summed E-state index contributed by atoms with van der Waals surface area (Å²) in [5.41, 5.74) is 1.63. The zero-order valence-corrected chi connectivity index (χ0v) is 18.9. The Morgan fingerprint density at radius 1 is 1.21 bits per heavy atom. The SMILES string of the molecule is CCCCCC(=O)ONc1ccn([C@@H]2O[C@H](COC(=O)[C@H](C)CC)[C@H]3OC(=O)O[C@H]32)c(=O)n1. The van der Waals surface area contributed by atoms with Crippen LogP contribution >= 0.6 is 0 Å². The summed E-state index contributed by atoms with van der Waals surface area (Å²) in [6, 6.07) is 1.41. The van der Waals surface area contributed by atoms with Gasteiger partial charge in [-0.15, -0.1) is 0 Å². The second-order valence-corrected chi connectivity index (χ2v) is 7.96. The highest BCUT2D eigenvalue weighted by Crippen LogP contribution is 2.37. The molecule has 0 bridgehead atoms. The topological polar surface area (TPSA) is 144 Å². The molecule has 1 aromatic rings. The van der Waals surface area contributed by atoms with Crippen LogP contribution in [-0.4, -0.2) is 52.6 Å². The van der Waals surface area contributed by atoms with Gasteiger partial charge in [0, 0.05) is 18.7 Å². The van der Waals surface area contributed by atoms with Gasteiger partial charge in [-0.2, -0.15) is 4.98 Å². The first-order valence-electron chi connectivity index (χ1n) is 11.1. The first kappa shape index (κ1) is 24.5. The molecule has 3 heterocycles. The van der Waals surface area contributed by atoms with Gasteiger partial charge >= 0.3 is 23.8 Å². The number of rotatable bonds is 11. The summed E-state index contributed by atoms with van der Waals surface area (Å²) in [5, 5.41) is 0. The van der Waals surface area contributed by atoms with Gasteiger partial charge in [-0.1, -0.05) is 33.6 Å². The van der Waals surface area contributed by atoms with E-state index in [1.54, 1.807) is 6.92 Å². The molecule has 2 aliphatic heterocycles. The largest absolute Gasteiger partial charge is 0.509 e. The monoisotopic (exact) mass is 467 g/mol. The Morgan fingerprint density at radius 3 is 2.67 bits per heavy atom. The lowest BCUT2D eigenvalue weighted by Crippen LogP contribution is -2.34. The molecule has 0 spiro atoms. The van der Waals surface area contributed by atoms with Gasteiger partial charge in [0.1, 0.15) is 12.7 Å². The van der Waals surface area contributed by atoms with E-state index < -0.39 is 48.3 Å². The Balaban J connectivity index is 1.64. The van der Waals surface area contributed by atoms with Crippen molar-refractivity contribution in [2.45, 2.75) is 77.4 Å². The van der Waals surface area contributed by atoms with Gasteiger partial charge in [0.2, 0.25) is 0 Å². The Bertz CT molecular complexity index is 918. The minimum absolute atomic E-state index is 0.0355. The van der Waals surface area contributed by atoms with Crippen LogP contribution in [0.5, 0.6) is 0 Å². The number of fused-ring (bicyclic) bond motifs is 1. The van der Waals surface area contributed by atoms with E-state index in [0.717, 1.165) is 17.4 Å². The van der Waals surface area contributed by atoms with Crippen molar-refractivity contribution < 1.29 is 38.2 Å². The molecule has 2 aliphatic rings. The summed E-state index contributed by atoms with van der Waals surface area (Å²) >= 11 is 0. The fraction of sp³-hybridized carbons (Fsp3) is 0.667. The molecule has 2 fully saturated rings. The van der Waals surface area contributed by atoms with Crippen molar-refractivity contribution in [3.63, 3.8) is 0 Å². The maximum atomic E-state index is 12.6. The average Bonchev–Trinajstić information content (AvgIpc) is 3.33. The highest BCUT2D eigenvalue weighted by atomic mass is 16.8. The highest BCUT2D eigenvalue weighted by molar-refractivity contribution is 5.72. The molecule has 2 saturated heterocycles. The number of nitrogens with zero attached hydrogens (tertiary/aromatic N) is 2. The molecule has 0 unspecified atom stereocenters. The van der Waals surface area contributed by atoms with Crippen LogP contribution < -0.4 is 11.2 Å². The molecular weight excluding hydrogens is 438 g/mol. The summed E-state index contributed by atoms with van der Waals surface area (Å²) in [4.78, 5) is 56.7. The van der Waals surface area contributed by atoms with Crippen molar-refractivity contribution in [1.29, 1.82) is 0 Å². The molecule has 0 radical (unpaired) electrons. The maximum Gasteiger partial charge on any atom is 0.509 e. The van der Waals surface area contributed by atoms with Crippen molar-refractivity contribution in [3.05, 3.63) is 22.7 Å².